The first-order chi connectivity index (χ1) is 10.7. The number of amides is 1. The summed E-state index contributed by atoms with van der Waals surface area (Å²) in [5.41, 5.74) is 2.38. The summed E-state index contributed by atoms with van der Waals surface area (Å²) in [6.45, 7) is 7.94. The zero-order valence-corrected chi connectivity index (χ0v) is 14.2. The maximum atomic E-state index is 13.6. The molecule has 0 bridgehead atoms. The molecule has 1 N–H and O–H groups in total. The Balaban J connectivity index is 2.34. The Labute approximate surface area is 136 Å². The molecular weight excluding hydrogens is 293 g/mol. The van der Waals surface area contributed by atoms with Gasteiger partial charge in [0.05, 0.1) is 12.8 Å². The predicted molar refractivity (Wildman–Crippen MR) is 90.8 cm³/mol. The van der Waals surface area contributed by atoms with E-state index in [4.69, 9.17) is 4.74 Å². The lowest BCUT2D eigenvalue weighted by Crippen LogP contribution is -2.15. The summed E-state index contributed by atoms with van der Waals surface area (Å²) in [6, 6.07) is 10.1. The molecule has 0 aromatic heterocycles. The molecule has 122 valence electrons. The average molecular weight is 315 g/mol. The van der Waals surface area contributed by atoms with E-state index in [1.807, 2.05) is 18.2 Å². The van der Waals surface area contributed by atoms with Crippen LogP contribution in [0.4, 0.5) is 10.1 Å². The van der Waals surface area contributed by atoms with Gasteiger partial charge in [0.25, 0.3) is 5.91 Å². The molecule has 0 heterocycles. The fourth-order valence-corrected chi connectivity index (χ4v) is 2.20. The number of nitrogens with one attached hydrogen (secondary N) is 1. The van der Waals surface area contributed by atoms with Gasteiger partial charge in [-0.05, 0) is 47.7 Å². The Bertz CT molecular complexity index is 733. The van der Waals surface area contributed by atoms with Crippen molar-refractivity contribution in [1.29, 1.82) is 0 Å². The number of halogens is 1. The molecule has 0 atom stereocenters. The standard InChI is InChI=1S/C19H22FNO2/c1-12-6-7-13(10-15(12)20)18(22)21-16-11-14(19(2,3)4)8-9-17(16)23-5/h6-11H,1-5H3,(H,21,22). The van der Waals surface area contributed by atoms with Crippen LogP contribution in [0, 0.1) is 12.7 Å². The molecule has 2 rings (SSSR count). The molecule has 0 saturated heterocycles. The molecule has 0 fully saturated rings. The maximum absolute atomic E-state index is 13.6. The predicted octanol–water partition coefficient (Wildman–Crippen LogP) is 4.69. The minimum atomic E-state index is -0.395. The van der Waals surface area contributed by atoms with Crippen LogP contribution >= 0.6 is 0 Å². The third kappa shape index (κ3) is 3.89. The topological polar surface area (TPSA) is 38.3 Å². The van der Waals surface area contributed by atoms with Crippen LogP contribution in [0.1, 0.15) is 42.3 Å². The van der Waals surface area contributed by atoms with E-state index < -0.39 is 5.82 Å². The fourth-order valence-electron chi connectivity index (χ4n) is 2.20. The lowest BCUT2D eigenvalue weighted by Gasteiger charge is -2.21. The lowest BCUT2D eigenvalue weighted by atomic mass is 9.87. The van der Waals surface area contributed by atoms with Crippen molar-refractivity contribution in [2.75, 3.05) is 12.4 Å². The molecule has 0 unspecified atom stereocenters. The molecule has 0 spiro atoms. The highest BCUT2D eigenvalue weighted by Crippen LogP contribution is 2.31. The Morgan fingerprint density at radius 3 is 2.39 bits per heavy atom. The highest BCUT2D eigenvalue weighted by molar-refractivity contribution is 6.05. The van der Waals surface area contributed by atoms with E-state index in [9.17, 15) is 9.18 Å². The zero-order valence-electron chi connectivity index (χ0n) is 14.2. The molecule has 4 heteroatoms. The maximum Gasteiger partial charge on any atom is 0.255 e. The van der Waals surface area contributed by atoms with Crippen LogP contribution < -0.4 is 10.1 Å². The summed E-state index contributed by atoms with van der Waals surface area (Å²) in [5, 5.41) is 2.81. The van der Waals surface area contributed by atoms with Gasteiger partial charge in [-0.2, -0.15) is 0 Å². The summed E-state index contributed by atoms with van der Waals surface area (Å²) in [6.07, 6.45) is 0. The van der Waals surface area contributed by atoms with Gasteiger partial charge in [0.1, 0.15) is 11.6 Å². The van der Waals surface area contributed by atoms with Crippen LogP contribution in [0.15, 0.2) is 36.4 Å². The SMILES string of the molecule is COc1ccc(C(C)(C)C)cc1NC(=O)c1ccc(C)c(F)c1. The van der Waals surface area contributed by atoms with Crippen LogP contribution in [-0.4, -0.2) is 13.0 Å². The van der Waals surface area contributed by atoms with Gasteiger partial charge in [-0.15, -0.1) is 0 Å². The highest BCUT2D eigenvalue weighted by atomic mass is 19.1. The molecule has 2 aromatic rings. The number of hydrogen-bond acceptors (Lipinski definition) is 2. The summed E-state index contributed by atoms with van der Waals surface area (Å²) < 4.78 is 18.9. The van der Waals surface area contributed by atoms with Crippen molar-refractivity contribution in [1.82, 2.24) is 0 Å². The van der Waals surface area contributed by atoms with Gasteiger partial charge in [0, 0.05) is 5.56 Å². The molecule has 23 heavy (non-hydrogen) atoms. The zero-order chi connectivity index (χ0) is 17.2. The first-order valence-corrected chi connectivity index (χ1v) is 7.48. The highest BCUT2D eigenvalue weighted by Gasteiger charge is 2.17. The summed E-state index contributed by atoms with van der Waals surface area (Å²) in [7, 11) is 1.55. The van der Waals surface area contributed by atoms with Gasteiger partial charge in [0.2, 0.25) is 0 Å². The molecular formula is C19H22FNO2. The minimum Gasteiger partial charge on any atom is -0.495 e. The Morgan fingerprint density at radius 1 is 1.13 bits per heavy atom. The van der Waals surface area contributed by atoms with Crippen LogP contribution in [-0.2, 0) is 5.41 Å². The molecule has 0 saturated carbocycles. The van der Waals surface area contributed by atoms with Crippen molar-refractivity contribution in [3.05, 3.63) is 58.9 Å². The summed E-state index contributed by atoms with van der Waals surface area (Å²) in [4.78, 5) is 12.4. The van der Waals surface area contributed by atoms with Gasteiger partial charge in [-0.25, -0.2) is 4.39 Å². The quantitative estimate of drug-likeness (QED) is 0.892. The van der Waals surface area contributed by atoms with Crippen molar-refractivity contribution >= 4 is 11.6 Å². The Kier molecular flexibility index (Phi) is 4.73. The van der Waals surface area contributed by atoms with E-state index in [-0.39, 0.29) is 16.9 Å². The monoisotopic (exact) mass is 315 g/mol. The molecule has 0 aliphatic rings. The number of methoxy groups -OCH3 is 1. The Morgan fingerprint density at radius 2 is 1.83 bits per heavy atom. The largest absolute Gasteiger partial charge is 0.495 e. The molecule has 3 nitrogen and oxygen atoms in total. The molecule has 2 aromatic carbocycles. The van der Waals surface area contributed by atoms with Gasteiger partial charge >= 0.3 is 0 Å². The van der Waals surface area contributed by atoms with Crippen molar-refractivity contribution < 1.29 is 13.9 Å². The van der Waals surface area contributed by atoms with Crippen molar-refractivity contribution in [3.63, 3.8) is 0 Å². The van der Waals surface area contributed by atoms with Gasteiger partial charge in [0.15, 0.2) is 0 Å². The van der Waals surface area contributed by atoms with E-state index in [1.54, 1.807) is 26.2 Å². The van der Waals surface area contributed by atoms with Gasteiger partial charge in [-0.3, -0.25) is 4.79 Å². The summed E-state index contributed by atoms with van der Waals surface area (Å²) >= 11 is 0. The number of carbonyl (C=O) groups excluding carboxylic acids is 1. The number of ether oxygens (including phenoxy) is 1. The van der Waals surface area contributed by atoms with E-state index in [0.717, 1.165) is 5.56 Å². The fraction of sp³-hybridized carbons (Fsp3) is 0.316. The number of rotatable bonds is 3. The smallest absolute Gasteiger partial charge is 0.255 e. The average Bonchev–Trinajstić information content (AvgIpc) is 2.49. The molecule has 0 radical (unpaired) electrons. The number of aryl methyl sites for hydroxylation is 1. The van der Waals surface area contributed by atoms with Crippen LogP contribution in [0.25, 0.3) is 0 Å². The van der Waals surface area contributed by atoms with Crippen molar-refractivity contribution in [3.8, 4) is 5.75 Å². The van der Waals surface area contributed by atoms with E-state index in [2.05, 4.69) is 26.1 Å². The number of hydrogen-bond donors (Lipinski definition) is 1. The molecule has 1 amide bonds. The van der Waals surface area contributed by atoms with Crippen molar-refractivity contribution in [2.45, 2.75) is 33.1 Å². The van der Waals surface area contributed by atoms with Crippen molar-refractivity contribution in [2.24, 2.45) is 0 Å². The van der Waals surface area contributed by atoms with Gasteiger partial charge < -0.3 is 10.1 Å². The van der Waals surface area contributed by atoms with Gasteiger partial charge in [-0.1, -0.05) is 32.9 Å². The van der Waals surface area contributed by atoms with Crippen LogP contribution in [0.2, 0.25) is 0 Å². The van der Waals surface area contributed by atoms with Crippen LogP contribution in [0.5, 0.6) is 5.75 Å². The summed E-state index contributed by atoms with van der Waals surface area (Å²) in [5.74, 6) is -0.194. The van der Waals surface area contributed by atoms with E-state index >= 15 is 0 Å². The van der Waals surface area contributed by atoms with Crippen LogP contribution in [0.3, 0.4) is 0 Å². The lowest BCUT2D eigenvalue weighted by molar-refractivity contribution is 0.102. The second-order valence-corrected chi connectivity index (χ2v) is 6.58. The third-order valence-electron chi connectivity index (χ3n) is 3.75. The van der Waals surface area contributed by atoms with E-state index in [1.165, 1.54) is 6.07 Å². The number of benzene rings is 2. The molecule has 0 aliphatic heterocycles. The number of carbonyl (C=O) groups is 1. The second kappa shape index (κ2) is 6.41. The first kappa shape index (κ1) is 17.0. The minimum absolute atomic E-state index is 0.0539. The second-order valence-electron chi connectivity index (χ2n) is 6.58. The van der Waals surface area contributed by atoms with E-state index in [0.29, 0.717) is 17.0 Å². The third-order valence-corrected chi connectivity index (χ3v) is 3.75. The normalized spacial score (nSPS) is 11.2. The number of anilines is 1. The Hall–Kier alpha value is -2.36. The first-order valence-electron chi connectivity index (χ1n) is 7.48. The molecule has 0 aliphatic carbocycles.